The number of amides is 2. The average molecular weight is 552 g/mol. The zero-order valence-electron chi connectivity index (χ0n) is 22.1. The van der Waals surface area contributed by atoms with E-state index < -0.39 is 48.1 Å². The highest BCUT2D eigenvalue weighted by Crippen LogP contribution is 2.23. The maximum atomic E-state index is 13.1. The Balaban J connectivity index is 1.74. The summed E-state index contributed by atoms with van der Waals surface area (Å²) in [7, 11) is 0. The first-order chi connectivity index (χ1) is 19.1. The quantitative estimate of drug-likeness (QED) is 0.200. The van der Waals surface area contributed by atoms with Gasteiger partial charge in [-0.25, -0.2) is 0 Å². The molecule has 2 aromatic carbocycles. The van der Waals surface area contributed by atoms with E-state index in [-0.39, 0.29) is 31.2 Å². The molecule has 4 atom stereocenters. The summed E-state index contributed by atoms with van der Waals surface area (Å²) in [5.74, 6) is -2.52. The van der Waals surface area contributed by atoms with E-state index in [2.05, 4.69) is 10.6 Å². The van der Waals surface area contributed by atoms with Crippen LogP contribution in [0.2, 0.25) is 0 Å². The molecule has 1 heterocycles. The molecule has 1 saturated heterocycles. The number of carbonyl (C=O) groups excluding carboxylic acids is 4. The second kappa shape index (κ2) is 14.6. The van der Waals surface area contributed by atoms with E-state index >= 15 is 0 Å². The van der Waals surface area contributed by atoms with Crippen molar-refractivity contribution in [2.45, 2.75) is 57.0 Å². The van der Waals surface area contributed by atoms with Crippen molar-refractivity contribution in [3.63, 3.8) is 0 Å². The van der Waals surface area contributed by atoms with Crippen LogP contribution in [0.5, 0.6) is 5.75 Å². The van der Waals surface area contributed by atoms with Crippen LogP contribution in [-0.4, -0.2) is 75.7 Å². The van der Waals surface area contributed by atoms with Crippen LogP contribution in [0, 0.1) is 0 Å². The van der Waals surface area contributed by atoms with Crippen molar-refractivity contribution in [2.75, 3.05) is 6.54 Å². The van der Waals surface area contributed by atoms with E-state index in [9.17, 15) is 29.1 Å². The van der Waals surface area contributed by atoms with Gasteiger partial charge in [0.2, 0.25) is 11.8 Å². The van der Waals surface area contributed by atoms with Gasteiger partial charge < -0.3 is 35.3 Å². The summed E-state index contributed by atoms with van der Waals surface area (Å²) in [6, 6.07) is 12.8. The lowest BCUT2D eigenvalue weighted by Gasteiger charge is -2.23. The number of aldehydes is 1. The van der Waals surface area contributed by atoms with Gasteiger partial charge in [0.15, 0.2) is 5.78 Å². The third-order valence-electron chi connectivity index (χ3n) is 6.35. The predicted octanol–water partition coefficient (Wildman–Crippen LogP) is 1.34. The first kappa shape index (κ1) is 30.0. The van der Waals surface area contributed by atoms with Crippen LogP contribution >= 0.6 is 0 Å². The number of likely N-dealkylation sites (tertiary alicyclic amines) is 1. The highest BCUT2D eigenvalue weighted by Gasteiger charge is 2.37. The molecule has 11 nitrogen and oxygen atoms in total. The molecule has 40 heavy (non-hydrogen) atoms. The number of hydrogen-bond acceptors (Lipinski definition) is 8. The third kappa shape index (κ3) is 9.35. The summed E-state index contributed by atoms with van der Waals surface area (Å²) in [6.45, 7) is 1.88. The SMILES string of the molecule is CC(=O)N[C@@H](Cc1ccc(O)cc1)C(=O)C=CN1CC(OCc2ccccc2)C[C@H]1C(=O)NC(C=O)CC(=O)O. The van der Waals surface area contributed by atoms with Crippen molar-refractivity contribution in [3.05, 3.63) is 78.0 Å². The Labute approximate surface area is 231 Å². The molecular formula is C29H33N3O8. The largest absolute Gasteiger partial charge is 0.508 e. The molecule has 1 fully saturated rings. The fourth-order valence-electron chi connectivity index (χ4n) is 4.37. The summed E-state index contributed by atoms with van der Waals surface area (Å²) in [4.78, 5) is 61.9. The normalized spacial score (nSPS) is 18.2. The Morgan fingerprint density at radius 2 is 1.75 bits per heavy atom. The number of phenolic OH excluding ortho intramolecular Hbond substituents is 1. The number of phenols is 1. The van der Waals surface area contributed by atoms with Gasteiger partial charge in [-0.05, 0) is 29.3 Å². The van der Waals surface area contributed by atoms with Crippen molar-refractivity contribution in [1.29, 1.82) is 0 Å². The molecule has 0 radical (unpaired) electrons. The molecule has 0 bridgehead atoms. The van der Waals surface area contributed by atoms with Crippen LogP contribution in [0.25, 0.3) is 0 Å². The number of ether oxygens (including phenoxy) is 1. The van der Waals surface area contributed by atoms with Gasteiger partial charge in [0.05, 0.1) is 31.2 Å². The van der Waals surface area contributed by atoms with Gasteiger partial charge in [-0.2, -0.15) is 0 Å². The molecule has 3 rings (SSSR count). The molecule has 0 spiro atoms. The molecule has 2 aromatic rings. The van der Waals surface area contributed by atoms with E-state index in [1.165, 1.54) is 31.3 Å². The average Bonchev–Trinajstić information content (AvgIpc) is 3.34. The number of aliphatic carboxylic acids is 1. The molecular weight excluding hydrogens is 518 g/mol. The molecule has 212 valence electrons. The first-order valence-corrected chi connectivity index (χ1v) is 12.8. The monoisotopic (exact) mass is 551 g/mol. The zero-order chi connectivity index (χ0) is 29.1. The summed E-state index contributed by atoms with van der Waals surface area (Å²) in [5.41, 5.74) is 1.67. The first-order valence-electron chi connectivity index (χ1n) is 12.8. The van der Waals surface area contributed by atoms with Crippen molar-refractivity contribution >= 4 is 29.9 Å². The van der Waals surface area contributed by atoms with Crippen LogP contribution in [0.15, 0.2) is 66.9 Å². The maximum Gasteiger partial charge on any atom is 0.305 e. The molecule has 2 unspecified atom stereocenters. The van der Waals surface area contributed by atoms with Crippen molar-refractivity contribution in [3.8, 4) is 5.75 Å². The van der Waals surface area contributed by atoms with Gasteiger partial charge in [-0.1, -0.05) is 42.5 Å². The van der Waals surface area contributed by atoms with Gasteiger partial charge in [-0.15, -0.1) is 0 Å². The number of nitrogens with one attached hydrogen (secondary N) is 2. The van der Waals surface area contributed by atoms with E-state index in [0.29, 0.717) is 12.9 Å². The number of carboxylic acid groups (broad SMARTS) is 1. The number of carboxylic acids is 1. The Morgan fingerprint density at radius 3 is 2.38 bits per heavy atom. The zero-order valence-corrected chi connectivity index (χ0v) is 22.1. The Kier molecular flexibility index (Phi) is 11.0. The second-order valence-electron chi connectivity index (χ2n) is 9.56. The fourth-order valence-corrected chi connectivity index (χ4v) is 4.37. The molecule has 1 aliphatic heterocycles. The van der Waals surface area contributed by atoms with E-state index in [1.807, 2.05) is 30.3 Å². The number of rotatable bonds is 14. The van der Waals surface area contributed by atoms with E-state index in [0.717, 1.165) is 11.1 Å². The second-order valence-corrected chi connectivity index (χ2v) is 9.56. The Bertz CT molecular complexity index is 1220. The standard InChI is InChI=1S/C29H33N3O8/c1-19(34)30-25(13-20-7-9-23(35)10-8-20)27(36)11-12-32-16-24(40-18-21-5-3-2-4-6-21)15-26(32)29(39)31-22(17-33)14-28(37)38/h2-12,17,22,24-26,35H,13-16,18H2,1H3,(H,30,34)(H,31,39)(H,37,38)/t22?,24?,25-,26-/m0/s1. The van der Waals surface area contributed by atoms with Gasteiger partial charge in [0.25, 0.3) is 0 Å². The summed E-state index contributed by atoms with van der Waals surface area (Å²) >= 11 is 0. The molecule has 0 saturated carbocycles. The summed E-state index contributed by atoms with van der Waals surface area (Å²) in [6.07, 6.45) is 2.60. The molecule has 2 amide bonds. The minimum absolute atomic E-state index is 0.0774. The van der Waals surface area contributed by atoms with Gasteiger partial charge in [-0.3, -0.25) is 19.2 Å². The van der Waals surface area contributed by atoms with Crippen LogP contribution in [0.1, 0.15) is 30.9 Å². The number of aromatic hydroxyl groups is 1. The highest BCUT2D eigenvalue weighted by molar-refractivity contribution is 5.97. The van der Waals surface area contributed by atoms with Crippen LogP contribution in [-0.2, 0) is 41.7 Å². The maximum absolute atomic E-state index is 13.1. The molecule has 11 heteroatoms. The van der Waals surface area contributed by atoms with Crippen molar-refractivity contribution in [1.82, 2.24) is 15.5 Å². The van der Waals surface area contributed by atoms with Gasteiger partial charge in [0, 0.05) is 32.5 Å². The van der Waals surface area contributed by atoms with Crippen molar-refractivity contribution in [2.24, 2.45) is 0 Å². The summed E-state index contributed by atoms with van der Waals surface area (Å²) < 4.78 is 6.01. The smallest absolute Gasteiger partial charge is 0.305 e. The summed E-state index contributed by atoms with van der Waals surface area (Å²) in [5, 5.41) is 23.6. The minimum atomic E-state index is -1.23. The predicted molar refractivity (Wildman–Crippen MR) is 144 cm³/mol. The number of nitrogens with zero attached hydrogens (tertiary/aromatic N) is 1. The van der Waals surface area contributed by atoms with E-state index in [1.54, 1.807) is 17.0 Å². The lowest BCUT2D eigenvalue weighted by molar-refractivity contribution is -0.139. The lowest BCUT2D eigenvalue weighted by atomic mass is 10.0. The number of ketones is 1. The molecule has 4 N–H and O–H groups in total. The number of benzene rings is 2. The van der Waals surface area contributed by atoms with Gasteiger partial charge >= 0.3 is 5.97 Å². The van der Waals surface area contributed by atoms with Crippen LogP contribution in [0.3, 0.4) is 0 Å². The molecule has 0 aliphatic carbocycles. The van der Waals surface area contributed by atoms with Crippen LogP contribution in [0.4, 0.5) is 0 Å². The topological polar surface area (TPSA) is 162 Å². The molecule has 1 aliphatic rings. The minimum Gasteiger partial charge on any atom is -0.508 e. The van der Waals surface area contributed by atoms with Crippen LogP contribution < -0.4 is 10.6 Å². The highest BCUT2D eigenvalue weighted by atomic mass is 16.5. The Hall–Kier alpha value is -4.51. The Morgan fingerprint density at radius 1 is 1.05 bits per heavy atom. The molecule has 0 aromatic heterocycles. The number of hydrogen-bond donors (Lipinski definition) is 4. The lowest BCUT2D eigenvalue weighted by Crippen LogP contribution is -2.47. The fraction of sp³-hybridized carbons (Fsp3) is 0.345. The van der Waals surface area contributed by atoms with E-state index in [4.69, 9.17) is 9.84 Å². The third-order valence-corrected chi connectivity index (χ3v) is 6.35. The number of carbonyl (C=O) groups is 5. The van der Waals surface area contributed by atoms with Crippen molar-refractivity contribution < 1.29 is 38.9 Å². The van der Waals surface area contributed by atoms with Gasteiger partial charge in [0.1, 0.15) is 18.1 Å².